The highest BCUT2D eigenvalue weighted by molar-refractivity contribution is 7.09. The van der Waals surface area contributed by atoms with E-state index in [2.05, 4.69) is 10.6 Å². The van der Waals surface area contributed by atoms with Crippen LogP contribution in [0.1, 0.15) is 37.0 Å². The summed E-state index contributed by atoms with van der Waals surface area (Å²) in [5, 5.41) is 7.95. The summed E-state index contributed by atoms with van der Waals surface area (Å²) in [6.45, 7) is 1.18. The van der Waals surface area contributed by atoms with E-state index in [1.807, 2.05) is 41.8 Å². The van der Waals surface area contributed by atoms with Crippen LogP contribution in [0.15, 0.2) is 41.8 Å². The Balaban J connectivity index is 1.24. The minimum absolute atomic E-state index is 0.0273. The van der Waals surface area contributed by atoms with Gasteiger partial charge in [-0.05, 0) is 55.0 Å². The minimum atomic E-state index is -0.180. The van der Waals surface area contributed by atoms with Crippen LogP contribution in [0.25, 0.3) is 0 Å². The molecule has 0 unspecified atom stereocenters. The van der Waals surface area contributed by atoms with Crippen LogP contribution < -0.4 is 15.4 Å². The first-order valence-corrected chi connectivity index (χ1v) is 10.1. The Morgan fingerprint density at radius 1 is 1.23 bits per heavy atom. The number of nitrogens with one attached hydrogen (secondary N) is 2. The van der Waals surface area contributed by atoms with E-state index in [1.54, 1.807) is 11.3 Å². The molecule has 2 fully saturated rings. The summed E-state index contributed by atoms with van der Waals surface area (Å²) in [4.78, 5) is 13.4. The van der Waals surface area contributed by atoms with Crippen LogP contribution in [0.5, 0.6) is 5.75 Å². The lowest BCUT2D eigenvalue weighted by atomic mass is 9.96. The first kappa shape index (κ1) is 17.4. The molecule has 5 nitrogen and oxygen atoms in total. The van der Waals surface area contributed by atoms with Crippen LogP contribution in [0.4, 0.5) is 10.5 Å². The van der Waals surface area contributed by atoms with Crippen LogP contribution in [0.2, 0.25) is 0 Å². The normalized spacial score (nSPS) is 21.0. The molecular weight excluding hydrogens is 348 g/mol. The predicted octanol–water partition coefficient (Wildman–Crippen LogP) is 4.55. The van der Waals surface area contributed by atoms with E-state index >= 15 is 0 Å². The lowest BCUT2D eigenvalue weighted by Gasteiger charge is -2.21. The number of rotatable bonds is 5. The van der Waals surface area contributed by atoms with Crippen LogP contribution in [0, 0.1) is 0 Å². The van der Waals surface area contributed by atoms with E-state index < -0.39 is 0 Å². The predicted molar refractivity (Wildman–Crippen MR) is 103 cm³/mol. The molecule has 0 radical (unpaired) electrons. The van der Waals surface area contributed by atoms with Gasteiger partial charge in [0.2, 0.25) is 0 Å². The summed E-state index contributed by atoms with van der Waals surface area (Å²) < 4.78 is 11.7. The molecule has 1 saturated carbocycles. The summed E-state index contributed by atoms with van der Waals surface area (Å²) in [6.07, 6.45) is 5.65. The molecule has 1 atom stereocenters. The van der Waals surface area contributed by atoms with Gasteiger partial charge in [-0.1, -0.05) is 18.9 Å². The number of ether oxygens (including phenoxy) is 2. The van der Waals surface area contributed by atoms with Crippen molar-refractivity contribution in [3.63, 3.8) is 0 Å². The van der Waals surface area contributed by atoms with Gasteiger partial charge in [-0.3, -0.25) is 0 Å². The molecule has 6 heteroatoms. The Hall–Kier alpha value is -2.05. The van der Waals surface area contributed by atoms with Crippen LogP contribution in [-0.2, 0) is 11.3 Å². The molecule has 1 aliphatic heterocycles. The monoisotopic (exact) mass is 372 g/mol. The van der Waals surface area contributed by atoms with Crippen molar-refractivity contribution in [1.29, 1.82) is 0 Å². The van der Waals surface area contributed by atoms with Crippen molar-refractivity contribution in [2.45, 2.75) is 50.4 Å². The van der Waals surface area contributed by atoms with E-state index in [1.165, 1.54) is 17.7 Å². The molecule has 2 N–H and O–H groups in total. The van der Waals surface area contributed by atoms with Crippen LogP contribution in [0.3, 0.4) is 0 Å². The zero-order valence-electron chi connectivity index (χ0n) is 14.7. The molecule has 138 valence electrons. The maximum atomic E-state index is 12.2. The van der Waals surface area contributed by atoms with Gasteiger partial charge in [-0.15, -0.1) is 11.3 Å². The van der Waals surface area contributed by atoms with Crippen molar-refractivity contribution >= 4 is 23.1 Å². The number of urea groups is 1. The first-order chi connectivity index (χ1) is 12.7. The number of hydrogen-bond donors (Lipinski definition) is 2. The van der Waals surface area contributed by atoms with Crippen molar-refractivity contribution in [2.24, 2.45) is 0 Å². The minimum Gasteiger partial charge on any atom is -0.488 e. The Morgan fingerprint density at radius 2 is 2.04 bits per heavy atom. The van der Waals surface area contributed by atoms with Gasteiger partial charge in [-0.25, -0.2) is 4.79 Å². The molecule has 26 heavy (non-hydrogen) atoms. The van der Waals surface area contributed by atoms with Gasteiger partial charge in [0, 0.05) is 10.6 Å². The lowest BCUT2D eigenvalue weighted by Crippen LogP contribution is -2.39. The third-order valence-corrected chi connectivity index (χ3v) is 5.98. The summed E-state index contributed by atoms with van der Waals surface area (Å²) in [7, 11) is 0. The topological polar surface area (TPSA) is 59.6 Å². The number of thiophene rings is 1. The van der Waals surface area contributed by atoms with E-state index in [0.717, 1.165) is 30.7 Å². The molecule has 1 saturated heterocycles. The summed E-state index contributed by atoms with van der Waals surface area (Å²) in [5.41, 5.74) is 0.778. The summed E-state index contributed by atoms with van der Waals surface area (Å²) in [5.74, 6) is 0.789. The standard InChI is InChI=1S/C20H24N2O3S/c23-19(22-16-12-20(25-13-16)9-1-2-10-20)21-15-5-7-17(8-6-15)24-14-18-4-3-11-26-18/h3-8,11,16H,1-2,9-10,12-14H2,(H2,21,22,23)/t16-/m0/s1. The maximum absolute atomic E-state index is 12.2. The SMILES string of the molecule is O=C(Nc1ccc(OCc2cccs2)cc1)N[C@@H]1COC2(CCCC2)C1. The van der Waals surface area contributed by atoms with Crippen molar-refractivity contribution in [3.05, 3.63) is 46.7 Å². The van der Waals surface area contributed by atoms with Gasteiger partial charge >= 0.3 is 6.03 Å². The average Bonchev–Trinajstić information content (AvgIpc) is 3.39. The Morgan fingerprint density at radius 3 is 2.77 bits per heavy atom. The van der Waals surface area contributed by atoms with Crippen LogP contribution >= 0.6 is 11.3 Å². The first-order valence-electron chi connectivity index (χ1n) is 9.18. The fraction of sp³-hybridized carbons (Fsp3) is 0.450. The van der Waals surface area contributed by atoms with E-state index in [4.69, 9.17) is 9.47 Å². The highest BCUT2D eigenvalue weighted by Crippen LogP contribution is 2.40. The van der Waals surface area contributed by atoms with Gasteiger partial charge < -0.3 is 20.1 Å². The molecule has 1 spiro atoms. The molecule has 4 rings (SSSR count). The lowest BCUT2D eigenvalue weighted by molar-refractivity contribution is 0.00998. The molecule has 1 aromatic carbocycles. The van der Waals surface area contributed by atoms with E-state index in [9.17, 15) is 4.79 Å². The smallest absolute Gasteiger partial charge is 0.319 e. The highest BCUT2D eigenvalue weighted by atomic mass is 32.1. The number of benzene rings is 1. The number of carbonyl (C=O) groups excluding carboxylic acids is 1. The molecule has 1 aliphatic carbocycles. The Bertz CT molecular complexity index is 724. The van der Waals surface area contributed by atoms with Gasteiger partial charge in [0.25, 0.3) is 0 Å². The summed E-state index contributed by atoms with van der Waals surface area (Å²) >= 11 is 1.68. The second kappa shape index (κ2) is 7.68. The van der Waals surface area contributed by atoms with Crippen LogP contribution in [-0.4, -0.2) is 24.3 Å². The summed E-state index contributed by atoms with van der Waals surface area (Å²) in [6, 6.07) is 11.4. The molecule has 0 bridgehead atoms. The largest absolute Gasteiger partial charge is 0.488 e. The number of amides is 2. The number of carbonyl (C=O) groups is 1. The fourth-order valence-corrected chi connectivity index (χ4v) is 4.46. The van der Waals surface area contributed by atoms with Gasteiger partial charge in [0.15, 0.2) is 0 Å². The number of hydrogen-bond acceptors (Lipinski definition) is 4. The van der Waals surface area contributed by atoms with Crippen molar-refractivity contribution in [3.8, 4) is 5.75 Å². The molecule has 1 aromatic heterocycles. The Kier molecular flexibility index (Phi) is 5.13. The van der Waals surface area contributed by atoms with Crippen molar-refractivity contribution in [2.75, 3.05) is 11.9 Å². The zero-order chi connectivity index (χ0) is 17.8. The Labute approximate surface area is 157 Å². The third-order valence-electron chi connectivity index (χ3n) is 5.13. The third kappa shape index (κ3) is 4.19. The number of anilines is 1. The quantitative estimate of drug-likeness (QED) is 0.809. The van der Waals surface area contributed by atoms with E-state index in [0.29, 0.717) is 13.2 Å². The second-order valence-electron chi connectivity index (χ2n) is 7.09. The van der Waals surface area contributed by atoms with Gasteiger partial charge in [-0.2, -0.15) is 0 Å². The van der Waals surface area contributed by atoms with E-state index in [-0.39, 0.29) is 17.7 Å². The van der Waals surface area contributed by atoms with Crippen molar-refractivity contribution < 1.29 is 14.3 Å². The molecule has 2 heterocycles. The molecule has 2 amide bonds. The zero-order valence-corrected chi connectivity index (χ0v) is 15.5. The van der Waals surface area contributed by atoms with Gasteiger partial charge in [0.05, 0.1) is 18.2 Å². The second-order valence-corrected chi connectivity index (χ2v) is 8.13. The highest BCUT2D eigenvalue weighted by Gasteiger charge is 2.42. The fourth-order valence-electron chi connectivity index (χ4n) is 3.84. The molecule has 2 aliphatic rings. The van der Waals surface area contributed by atoms with Crippen molar-refractivity contribution in [1.82, 2.24) is 5.32 Å². The van der Waals surface area contributed by atoms with Gasteiger partial charge in [0.1, 0.15) is 12.4 Å². The molecule has 2 aromatic rings. The molecular formula is C20H24N2O3S. The average molecular weight is 372 g/mol. The maximum Gasteiger partial charge on any atom is 0.319 e.